The van der Waals surface area contributed by atoms with Crippen molar-refractivity contribution in [2.45, 2.75) is 22.6 Å². The van der Waals surface area contributed by atoms with E-state index in [9.17, 15) is 13.2 Å². The molecule has 2 unspecified atom stereocenters. The van der Waals surface area contributed by atoms with Crippen LogP contribution in [0.1, 0.15) is 10.9 Å². The van der Waals surface area contributed by atoms with Gasteiger partial charge in [-0.05, 0) is 25.1 Å². The van der Waals surface area contributed by atoms with Gasteiger partial charge in [-0.2, -0.15) is 13.4 Å². The second-order valence-electron chi connectivity index (χ2n) is 5.37. The first-order valence-corrected chi connectivity index (χ1v) is 9.85. The number of rotatable bonds is 3. The Morgan fingerprint density at radius 3 is 2.50 bits per heavy atom. The van der Waals surface area contributed by atoms with Crippen LogP contribution in [0.5, 0.6) is 0 Å². The maximum Gasteiger partial charge on any atom is 0.350 e. The van der Waals surface area contributed by atoms with Crippen molar-refractivity contribution in [3.05, 3.63) is 52.6 Å². The first kappa shape index (κ1) is 20.4. The predicted octanol–water partition coefficient (Wildman–Crippen LogP) is 0.648. The number of nitrogen functional groups attached to an aromatic ring is 1. The molecule has 26 heavy (non-hydrogen) atoms. The largest absolute Gasteiger partial charge is 0.393 e. The van der Waals surface area contributed by atoms with Crippen LogP contribution >= 0.6 is 11.8 Å². The van der Waals surface area contributed by atoms with Crippen LogP contribution in [0.2, 0.25) is 0 Å². The van der Waals surface area contributed by atoms with Crippen LogP contribution in [0.15, 0.2) is 46.2 Å². The molecule has 0 aliphatic carbocycles. The summed E-state index contributed by atoms with van der Waals surface area (Å²) >= 11 is 1.39. The highest BCUT2D eigenvalue weighted by Crippen LogP contribution is 2.34. The van der Waals surface area contributed by atoms with Gasteiger partial charge < -0.3 is 15.6 Å². The third-order valence-corrected chi connectivity index (χ3v) is 5.50. The Balaban J connectivity index is 0.000000197. The van der Waals surface area contributed by atoms with E-state index in [-0.39, 0.29) is 28.1 Å². The molecule has 0 radical (unpaired) electrons. The lowest BCUT2D eigenvalue weighted by Gasteiger charge is -2.10. The quantitative estimate of drug-likeness (QED) is 0.631. The minimum Gasteiger partial charge on any atom is -0.393 e. The summed E-state index contributed by atoms with van der Waals surface area (Å²) in [5.41, 5.74) is 5.67. The summed E-state index contributed by atoms with van der Waals surface area (Å²) in [5.74, 6) is 0.207. The van der Waals surface area contributed by atoms with E-state index in [1.54, 1.807) is 24.4 Å². The summed E-state index contributed by atoms with van der Waals surface area (Å²) in [5, 5.41) is 8.74. The van der Waals surface area contributed by atoms with E-state index in [4.69, 9.17) is 20.1 Å². The smallest absolute Gasteiger partial charge is 0.350 e. The summed E-state index contributed by atoms with van der Waals surface area (Å²) in [4.78, 5) is 15.0. The summed E-state index contributed by atoms with van der Waals surface area (Å²) in [7, 11) is -4.02. The Bertz CT molecular complexity index is 898. The van der Waals surface area contributed by atoms with Gasteiger partial charge in [0.05, 0.1) is 18.1 Å². The third-order valence-electron chi connectivity index (χ3n) is 3.36. The normalized spacial score (nSPS) is 19.7. The molecule has 9 nitrogen and oxygen atoms in total. The molecule has 0 amide bonds. The van der Waals surface area contributed by atoms with Gasteiger partial charge in [-0.1, -0.05) is 17.7 Å². The van der Waals surface area contributed by atoms with Crippen LogP contribution in [0, 0.1) is 6.92 Å². The van der Waals surface area contributed by atoms with Crippen LogP contribution in [-0.4, -0.2) is 46.3 Å². The van der Waals surface area contributed by atoms with Crippen molar-refractivity contribution in [1.82, 2.24) is 9.55 Å². The molecule has 3 rings (SSSR count). The van der Waals surface area contributed by atoms with Gasteiger partial charge in [0, 0.05) is 6.20 Å². The first-order valence-electron chi connectivity index (χ1n) is 7.47. The molecule has 1 aromatic carbocycles. The summed E-state index contributed by atoms with van der Waals surface area (Å²) < 4.78 is 36.3. The average Bonchev–Trinajstić information content (AvgIpc) is 3.04. The van der Waals surface area contributed by atoms with Crippen molar-refractivity contribution in [2.75, 3.05) is 18.9 Å². The van der Waals surface area contributed by atoms with E-state index in [2.05, 4.69) is 4.98 Å². The Kier molecular flexibility index (Phi) is 6.78. The molecule has 142 valence electrons. The van der Waals surface area contributed by atoms with Gasteiger partial charge >= 0.3 is 5.69 Å². The molecule has 1 aromatic heterocycles. The van der Waals surface area contributed by atoms with E-state index in [1.165, 1.54) is 28.5 Å². The number of nitrogens with two attached hydrogens (primary N) is 1. The molecule has 0 spiro atoms. The number of aromatic nitrogens is 2. The number of anilines is 1. The van der Waals surface area contributed by atoms with E-state index < -0.39 is 15.8 Å². The molecule has 1 saturated heterocycles. The minimum atomic E-state index is -4.02. The molecule has 2 aromatic rings. The van der Waals surface area contributed by atoms with Crippen LogP contribution in [0.25, 0.3) is 0 Å². The fraction of sp³-hybridized carbons (Fsp3) is 0.333. The topological polar surface area (TPSA) is 145 Å². The molecule has 4 N–H and O–H groups in total. The molecule has 1 aliphatic rings. The number of hydrogen-bond donors (Lipinski definition) is 3. The SMILES string of the molecule is Cc1ccc(S(=O)(=O)O)cc1.Nc1ccn(C2COC(CO)S2)c(=O)n1. The Labute approximate surface area is 154 Å². The Morgan fingerprint density at radius 2 is 2.00 bits per heavy atom. The third kappa shape index (κ3) is 5.54. The van der Waals surface area contributed by atoms with Crippen LogP contribution in [0.4, 0.5) is 5.82 Å². The number of hydrogen-bond acceptors (Lipinski definition) is 8. The van der Waals surface area contributed by atoms with Crippen molar-refractivity contribution < 1.29 is 22.8 Å². The van der Waals surface area contributed by atoms with Gasteiger partial charge in [0.2, 0.25) is 0 Å². The van der Waals surface area contributed by atoms with Crippen LogP contribution in [-0.2, 0) is 14.9 Å². The highest BCUT2D eigenvalue weighted by atomic mass is 32.2. The number of aliphatic hydroxyl groups is 1. The van der Waals surface area contributed by atoms with E-state index in [1.807, 2.05) is 6.92 Å². The predicted molar refractivity (Wildman–Crippen MR) is 97.4 cm³/mol. The van der Waals surface area contributed by atoms with Crippen LogP contribution in [0.3, 0.4) is 0 Å². The average molecular weight is 401 g/mol. The number of aryl methyl sites for hydroxylation is 1. The summed E-state index contributed by atoms with van der Waals surface area (Å²) in [6, 6.07) is 7.55. The molecule has 0 bridgehead atoms. The monoisotopic (exact) mass is 401 g/mol. The molecule has 11 heteroatoms. The van der Waals surface area contributed by atoms with Gasteiger partial charge in [-0.15, -0.1) is 11.8 Å². The standard InChI is InChI=1S/C8H11N3O3S.C7H8O3S/c9-5-1-2-11(8(13)10-5)6-4-14-7(3-12)15-6;1-6-2-4-7(5-3-6)11(8,9)10/h1-2,6-7,12H,3-4H2,(H2,9,10,13);2-5H,1H3,(H,8,9,10). The lowest BCUT2D eigenvalue weighted by molar-refractivity contribution is 0.0803. The lowest BCUT2D eigenvalue weighted by atomic mass is 10.2. The number of benzene rings is 1. The molecule has 2 atom stereocenters. The van der Waals surface area contributed by atoms with Gasteiger partial charge in [0.15, 0.2) is 0 Å². The zero-order valence-corrected chi connectivity index (χ0v) is 15.5. The van der Waals surface area contributed by atoms with E-state index in [0.29, 0.717) is 6.61 Å². The molecule has 1 fully saturated rings. The fourth-order valence-electron chi connectivity index (χ4n) is 2.04. The second kappa shape index (κ2) is 8.64. The summed E-state index contributed by atoms with van der Waals surface area (Å²) in [6.07, 6.45) is 1.59. The fourth-order valence-corrected chi connectivity index (χ4v) is 3.56. The highest BCUT2D eigenvalue weighted by molar-refractivity contribution is 8.00. The van der Waals surface area contributed by atoms with Crippen LogP contribution < -0.4 is 11.4 Å². The van der Waals surface area contributed by atoms with Crippen molar-refractivity contribution in [2.24, 2.45) is 0 Å². The Hall–Kier alpha value is -1.92. The zero-order valence-electron chi connectivity index (χ0n) is 13.8. The van der Waals surface area contributed by atoms with Gasteiger partial charge in [-0.25, -0.2) is 4.79 Å². The van der Waals surface area contributed by atoms with Gasteiger partial charge in [0.25, 0.3) is 10.1 Å². The van der Waals surface area contributed by atoms with Crippen molar-refractivity contribution in [3.63, 3.8) is 0 Å². The van der Waals surface area contributed by atoms with Gasteiger partial charge in [-0.3, -0.25) is 9.12 Å². The lowest BCUT2D eigenvalue weighted by Crippen LogP contribution is -2.26. The number of aliphatic hydroxyl groups excluding tert-OH is 1. The molecular formula is C15H19N3O6S2. The first-order chi connectivity index (χ1) is 12.2. The van der Waals surface area contributed by atoms with Gasteiger partial charge in [0.1, 0.15) is 16.6 Å². The molecular weight excluding hydrogens is 382 g/mol. The highest BCUT2D eigenvalue weighted by Gasteiger charge is 2.27. The molecule has 2 heterocycles. The van der Waals surface area contributed by atoms with Crippen molar-refractivity contribution >= 4 is 27.7 Å². The molecule has 0 saturated carbocycles. The number of ether oxygens (including phenoxy) is 1. The summed E-state index contributed by atoms with van der Waals surface area (Å²) in [6.45, 7) is 2.17. The maximum atomic E-state index is 11.5. The van der Waals surface area contributed by atoms with Crippen molar-refractivity contribution in [3.8, 4) is 0 Å². The van der Waals surface area contributed by atoms with Crippen molar-refractivity contribution in [1.29, 1.82) is 0 Å². The second-order valence-corrected chi connectivity index (χ2v) is 8.13. The van der Waals surface area contributed by atoms with E-state index >= 15 is 0 Å². The zero-order chi connectivity index (χ0) is 19.3. The Morgan fingerprint density at radius 1 is 1.35 bits per heavy atom. The number of nitrogens with zero attached hydrogens (tertiary/aromatic N) is 2. The van der Waals surface area contributed by atoms with E-state index in [0.717, 1.165) is 5.56 Å². The minimum absolute atomic E-state index is 0.0572. The molecule has 1 aliphatic heterocycles. The maximum absolute atomic E-state index is 11.5. The number of thioether (sulfide) groups is 1.